The Hall–Kier alpha value is -2.01. The Morgan fingerprint density at radius 3 is 2.64 bits per heavy atom. The van der Waals surface area contributed by atoms with Gasteiger partial charge in [0.2, 0.25) is 0 Å². The molecule has 2 N–H and O–H groups in total. The van der Waals surface area contributed by atoms with Crippen LogP contribution in [0.3, 0.4) is 0 Å². The summed E-state index contributed by atoms with van der Waals surface area (Å²) in [6.45, 7) is 6.21. The third-order valence-electron chi connectivity index (χ3n) is 6.42. The SMILES string of the molecule is CC(C)(C)S(=O)(=O)C1(CN2CCn3c(cnc3C(=O)NCc3ccc(Cl)c(F)c3)C2O)CC1. The first-order valence-corrected chi connectivity index (χ1v) is 12.7. The van der Waals surface area contributed by atoms with E-state index in [1.54, 1.807) is 36.3 Å². The van der Waals surface area contributed by atoms with Crippen molar-refractivity contribution in [3.63, 3.8) is 0 Å². The van der Waals surface area contributed by atoms with E-state index in [2.05, 4.69) is 10.3 Å². The Morgan fingerprint density at radius 2 is 2.03 bits per heavy atom. The number of hydrogen-bond acceptors (Lipinski definition) is 6. The van der Waals surface area contributed by atoms with Crippen molar-refractivity contribution >= 4 is 27.3 Å². The maximum absolute atomic E-state index is 13.6. The lowest BCUT2D eigenvalue weighted by Gasteiger charge is -2.37. The molecule has 2 heterocycles. The van der Waals surface area contributed by atoms with Gasteiger partial charge in [0, 0.05) is 26.2 Å². The molecule has 1 unspecified atom stereocenters. The fourth-order valence-corrected chi connectivity index (χ4v) is 6.69. The predicted octanol–water partition coefficient (Wildman–Crippen LogP) is 2.66. The standard InChI is InChI=1S/C22H28ClFN4O4S/c1-21(2,3)33(31,32)22(6-7-22)13-27-8-9-28-17(20(27)30)12-25-18(28)19(29)26-11-14-4-5-15(23)16(24)10-14/h4-5,10,12,20,30H,6-9,11,13H2,1-3H3,(H,26,29). The van der Waals surface area contributed by atoms with Gasteiger partial charge in [0.15, 0.2) is 15.7 Å². The molecule has 2 aliphatic rings. The summed E-state index contributed by atoms with van der Waals surface area (Å²) in [6.07, 6.45) is 1.53. The number of carbonyl (C=O) groups is 1. The molecular formula is C22H28ClFN4O4S. The fourth-order valence-electron chi connectivity index (χ4n) is 4.30. The van der Waals surface area contributed by atoms with Crippen molar-refractivity contribution in [3.05, 3.63) is 52.3 Å². The Kier molecular flexibility index (Phi) is 6.09. The first kappa shape index (κ1) is 24.1. The summed E-state index contributed by atoms with van der Waals surface area (Å²) in [5.74, 6) is -0.875. The van der Waals surface area contributed by atoms with Gasteiger partial charge in [-0.15, -0.1) is 0 Å². The first-order valence-electron chi connectivity index (χ1n) is 10.8. The largest absolute Gasteiger partial charge is 0.372 e. The van der Waals surface area contributed by atoms with Crippen LogP contribution < -0.4 is 5.32 Å². The van der Waals surface area contributed by atoms with Gasteiger partial charge in [0.1, 0.15) is 12.0 Å². The number of sulfone groups is 1. The highest BCUT2D eigenvalue weighted by Crippen LogP contribution is 2.49. The normalized spacial score (nSPS) is 20.4. The summed E-state index contributed by atoms with van der Waals surface area (Å²) in [5.41, 5.74) is 0.990. The van der Waals surface area contributed by atoms with Gasteiger partial charge in [-0.1, -0.05) is 17.7 Å². The average Bonchev–Trinajstić information content (AvgIpc) is 3.40. The highest BCUT2D eigenvalue weighted by molar-refractivity contribution is 7.94. The average molecular weight is 499 g/mol. The Labute approximate surface area is 197 Å². The van der Waals surface area contributed by atoms with Crippen LogP contribution in [0.25, 0.3) is 0 Å². The summed E-state index contributed by atoms with van der Waals surface area (Å²) >= 11 is 5.68. The second-order valence-corrected chi connectivity index (χ2v) is 13.2. The summed E-state index contributed by atoms with van der Waals surface area (Å²) in [7, 11) is -3.39. The molecule has 1 amide bonds. The van der Waals surface area contributed by atoms with E-state index in [0.29, 0.717) is 37.2 Å². The lowest BCUT2D eigenvalue weighted by molar-refractivity contribution is -0.0224. The number of nitrogens with zero attached hydrogens (tertiary/aromatic N) is 3. The number of benzene rings is 1. The van der Waals surface area contributed by atoms with Crippen LogP contribution in [0.1, 0.15) is 61.7 Å². The van der Waals surface area contributed by atoms with E-state index in [1.807, 2.05) is 0 Å². The molecule has 1 aromatic heterocycles. The summed E-state index contributed by atoms with van der Waals surface area (Å²) in [6, 6.07) is 4.30. The molecule has 11 heteroatoms. The molecule has 8 nitrogen and oxygen atoms in total. The van der Waals surface area contributed by atoms with Crippen LogP contribution in [0.4, 0.5) is 4.39 Å². The number of carbonyl (C=O) groups excluding carboxylic acids is 1. The molecule has 1 aliphatic heterocycles. The van der Waals surface area contributed by atoms with E-state index in [9.17, 15) is 22.7 Å². The molecule has 0 saturated heterocycles. The lowest BCUT2D eigenvalue weighted by Crippen LogP contribution is -2.49. The third-order valence-corrected chi connectivity index (χ3v) is 10.0. The Bertz CT molecular complexity index is 1190. The number of rotatable bonds is 6. The molecule has 1 saturated carbocycles. The minimum absolute atomic E-state index is 0.00854. The molecule has 0 bridgehead atoms. The molecular weight excluding hydrogens is 471 g/mol. The number of fused-ring (bicyclic) bond motifs is 1. The zero-order chi connectivity index (χ0) is 24.2. The van der Waals surface area contributed by atoms with Crippen LogP contribution in [0, 0.1) is 5.82 Å². The number of imidazole rings is 1. The summed E-state index contributed by atoms with van der Waals surface area (Å²) < 4.78 is 39.7. The molecule has 2 aromatic rings. The van der Waals surface area contributed by atoms with Gasteiger partial charge in [0.05, 0.1) is 26.4 Å². The monoisotopic (exact) mass is 498 g/mol. The van der Waals surface area contributed by atoms with E-state index < -0.39 is 37.3 Å². The number of hydrogen-bond donors (Lipinski definition) is 2. The Balaban J connectivity index is 1.46. The molecule has 1 aromatic carbocycles. The van der Waals surface area contributed by atoms with Gasteiger partial charge in [-0.3, -0.25) is 9.69 Å². The minimum Gasteiger partial charge on any atom is -0.372 e. The quantitative estimate of drug-likeness (QED) is 0.634. The molecule has 1 aliphatic carbocycles. The topological polar surface area (TPSA) is 105 Å². The van der Waals surface area contributed by atoms with Crippen LogP contribution in [-0.4, -0.2) is 56.5 Å². The molecule has 4 rings (SSSR count). The maximum Gasteiger partial charge on any atom is 0.287 e. The highest BCUT2D eigenvalue weighted by Gasteiger charge is 2.59. The number of aliphatic hydroxyl groups excluding tert-OH is 1. The molecule has 0 radical (unpaired) electrons. The van der Waals surface area contributed by atoms with Crippen molar-refractivity contribution in [1.82, 2.24) is 19.8 Å². The van der Waals surface area contributed by atoms with Crippen molar-refractivity contribution in [2.75, 3.05) is 13.1 Å². The van der Waals surface area contributed by atoms with Crippen LogP contribution in [0.15, 0.2) is 24.4 Å². The van der Waals surface area contributed by atoms with Crippen molar-refractivity contribution in [2.45, 2.75) is 62.4 Å². The van der Waals surface area contributed by atoms with Gasteiger partial charge in [-0.2, -0.15) is 0 Å². The molecule has 1 fully saturated rings. The van der Waals surface area contributed by atoms with E-state index in [1.165, 1.54) is 18.3 Å². The lowest BCUT2D eigenvalue weighted by atomic mass is 10.2. The molecule has 1 atom stereocenters. The van der Waals surface area contributed by atoms with Crippen molar-refractivity contribution in [3.8, 4) is 0 Å². The first-order chi connectivity index (χ1) is 15.4. The number of aliphatic hydroxyl groups is 1. The fraction of sp³-hybridized carbons (Fsp3) is 0.545. The van der Waals surface area contributed by atoms with Gasteiger partial charge in [-0.05, 0) is 51.3 Å². The van der Waals surface area contributed by atoms with Crippen LogP contribution in [0.5, 0.6) is 0 Å². The third kappa shape index (κ3) is 4.29. The second kappa shape index (κ2) is 8.33. The highest BCUT2D eigenvalue weighted by atomic mass is 35.5. The van der Waals surface area contributed by atoms with Crippen molar-refractivity contribution in [1.29, 1.82) is 0 Å². The van der Waals surface area contributed by atoms with Crippen molar-refractivity contribution < 1.29 is 22.7 Å². The molecule has 180 valence electrons. The van der Waals surface area contributed by atoms with Gasteiger partial charge in [0.25, 0.3) is 5.91 Å². The zero-order valence-electron chi connectivity index (χ0n) is 18.8. The van der Waals surface area contributed by atoms with Crippen LogP contribution in [-0.2, 0) is 22.9 Å². The van der Waals surface area contributed by atoms with E-state index >= 15 is 0 Å². The van der Waals surface area contributed by atoms with Crippen molar-refractivity contribution in [2.24, 2.45) is 0 Å². The molecule has 33 heavy (non-hydrogen) atoms. The van der Waals surface area contributed by atoms with E-state index in [4.69, 9.17) is 11.6 Å². The maximum atomic E-state index is 13.6. The smallest absolute Gasteiger partial charge is 0.287 e. The predicted molar refractivity (Wildman–Crippen MR) is 122 cm³/mol. The summed E-state index contributed by atoms with van der Waals surface area (Å²) in [4.78, 5) is 18.6. The Morgan fingerprint density at radius 1 is 1.33 bits per heavy atom. The van der Waals surface area contributed by atoms with Gasteiger partial charge in [-0.25, -0.2) is 17.8 Å². The van der Waals surface area contributed by atoms with E-state index in [-0.39, 0.29) is 23.9 Å². The van der Waals surface area contributed by atoms with Gasteiger partial charge >= 0.3 is 0 Å². The number of nitrogens with one attached hydrogen (secondary N) is 1. The number of aromatic nitrogens is 2. The van der Waals surface area contributed by atoms with Crippen LogP contribution in [0.2, 0.25) is 5.02 Å². The molecule has 0 spiro atoms. The summed E-state index contributed by atoms with van der Waals surface area (Å²) in [5, 5.41) is 13.6. The number of amides is 1. The second-order valence-electron chi connectivity index (χ2n) is 9.73. The van der Waals surface area contributed by atoms with E-state index in [0.717, 1.165) is 0 Å². The van der Waals surface area contributed by atoms with Crippen LogP contribution >= 0.6 is 11.6 Å². The number of halogens is 2. The minimum atomic E-state index is -3.39. The van der Waals surface area contributed by atoms with Gasteiger partial charge < -0.3 is 15.0 Å². The zero-order valence-corrected chi connectivity index (χ0v) is 20.4.